The molecule has 3 N–H and O–H groups in total. The lowest BCUT2D eigenvalue weighted by atomic mass is 10.4. The molecule has 2 amide bonds. The van der Waals surface area contributed by atoms with E-state index in [1.165, 1.54) is 0 Å². The topological polar surface area (TPSA) is 105 Å². The second-order valence-electron chi connectivity index (χ2n) is 8.30. The molecule has 0 aliphatic carbocycles. The summed E-state index contributed by atoms with van der Waals surface area (Å²) in [5.41, 5.74) is 0. The van der Waals surface area contributed by atoms with Gasteiger partial charge < -0.3 is 20.6 Å². The quantitative estimate of drug-likeness (QED) is 0.211. The maximum absolute atomic E-state index is 12.3. The highest BCUT2D eigenvalue weighted by Crippen LogP contribution is 2.18. The molecule has 0 aromatic rings. The number of likely N-dealkylation sites (tertiary alicyclic amines) is 1. The van der Waals surface area contributed by atoms with Gasteiger partial charge in [0.2, 0.25) is 11.8 Å². The number of likely N-dealkylation sites (N-methyl/N-ethyl adjacent to an activating group) is 1. The zero-order valence-electron chi connectivity index (χ0n) is 18.4. The number of amides is 2. The van der Waals surface area contributed by atoms with Gasteiger partial charge in [0.1, 0.15) is 0 Å². The fourth-order valence-corrected chi connectivity index (χ4v) is 4.17. The van der Waals surface area contributed by atoms with Crippen molar-refractivity contribution in [2.24, 2.45) is 0 Å². The summed E-state index contributed by atoms with van der Waals surface area (Å²) in [4.78, 5) is 41.7. The van der Waals surface area contributed by atoms with E-state index in [4.69, 9.17) is 5.11 Å². The molecule has 2 rings (SSSR count). The van der Waals surface area contributed by atoms with Crippen molar-refractivity contribution in [3.05, 3.63) is 0 Å². The molecule has 0 radical (unpaired) electrons. The SMILES string of the molecule is CCN1CCN([13CH2][13CH]2[13CH2][13CH2][13CH2]N2CC(=O)[15NH]CCC[13C](=O)[15NH]CCC[13C](=O)O)[13CH2][13CH2]1. The highest BCUT2D eigenvalue weighted by molar-refractivity contribution is 5.78. The van der Waals surface area contributed by atoms with Crippen molar-refractivity contribution in [3.63, 3.8) is 0 Å². The predicted octanol–water partition coefficient (Wildman–Crippen LogP) is -0.0343. The monoisotopic (exact) mass is 436 g/mol. The normalized spacial score (nSPS) is 20.9. The average molecular weight is 436 g/mol. The fraction of sp³-hybridized carbons (Fsp3) is 0.857. The number of carbonyl (C=O) groups excluding carboxylic acids is 2. The summed E-state index contributed by atoms with van der Waals surface area (Å²) >= 11 is 0. The molecule has 0 aromatic carbocycles. The van der Waals surface area contributed by atoms with Gasteiger partial charge in [-0.25, -0.2) is 0 Å². The Morgan fingerprint density at radius 1 is 0.900 bits per heavy atom. The Hall–Kier alpha value is -1.71. The summed E-state index contributed by atoms with van der Waals surface area (Å²) in [6.45, 7) is 11.1. The summed E-state index contributed by atoms with van der Waals surface area (Å²) in [5, 5.41) is 14.2. The van der Waals surface area contributed by atoms with Crippen LogP contribution in [0.25, 0.3) is 0 Å². The maximum atomic E-state index is 12.3. The molecule has 30 heavy (non-hydrogen) atoms. The van der Waals surface area contributed by atoms with Crippen molar-refractivity contribution in [1.82, 2.24) is 25.3 Å². The number of nitrogens with zero attached hydrogens (tertiary/aromatic N) is 3. The second kappa shape index (κ2) is 13.6. The summed E-state index contributed by atoms with van der Waals surface area (Å²) in [6, 6.07) is 0.459. The van der Waals surface area contributed by atoms with Crippen LogP contribution in [0.2, 0.25) is 0 Å². The number of carboxylic acids is 1. The Labute approximate surface area is 180 Å². The number of nitrogens with one attached hydrogen (secondary N) is 2. The van der Waals surface area contributed by atoms with E-state index in [9.17, 15) is 14.4 Å². The highest BCUT2D eigenvalue weighted by atomic mass is 16.5. The van der Waals surface area contributed by atoms with E-state index < -0.39 is 5.97 Å². The van der Waals surface area contributed by atoms with E-state index in [0.717, 1.165) is 58.7 Å². The fourth-order valence-electron chi connectivity index (χ4n) is 4.17. The molecule has 0 bridgehead atoms. The minimum absolute atomic E-state index is 0.0274. The van der Waals surface area contributed by atoms with Gasteiger partial charge in [0.15, 0.2) is 0 Å². The second-order valence-corrected chi connectivity index (χ2v) is 8.30. The molecular weight excluding hydrogens is 397 g/mol. The highest BCUT2D eigenvalue weighted by Gasteiger charge is 2.28. The Morgan fingerprint density at radius 3 is 2.20 bits per heavy atom. The average Bonchev–Trinajstić information content (AvgIpc) is 3.15. The third kappa shape index (κ3) is 9.40. The molecule has 2 saturated heterocycles. The van der Waals surface area contributed by atoms with Gasteiger partial charge in [-0.3, -0.25) is 24.2 Å². The first kappa shape index (κ1) is 24.6. The van der Waals surface area contributed by atoms with Crippen molar-refractivity contribution in [3.8, 4) is 0 Å². The number of piperazine rings is 1. The van der Waals surface area contributed by atoms with Crippen molar-refractivity contribution >= 4 is 17.8 Å². The van der Waals surface area contributed by atoms with Gasteiger partial charge in [-0.05, 0) is 38.8 Å². The van der Waals surface area contributed by atoms with Crippen LogP contribution in [0.4, 0.5) is 0 Å². The molecule has 0 saturated carbocycles. The molecular formula is C21H39N5O4. The van der Waals surface area contributed by atoms with E-state index in [1.807, 2.05) is 0 Å². The van der Waals surface area contributed by atoms with Crippen molar-refractivity contribution in [1.29, 1.82) is 0 Å². The van der Waals surface area contributed by atoms with Gasteiger partial charge in [-0.1, -0.05) is 6.92 Å². The summed E-state index contributed by atoms with van der Waals surface area (Å²) in [5.74, 6) is -0.928. The van der Waals surface area contributed by atoms with Gasteiger partial charge in [-0.2, -0.15) is 0 Å². The van der Waals surface area contributed by atoms with E-state index in [1.54, 1.807) is 0 Å². The number of hydrogen-bond donors (Lipinski definition) is 3. The zero-order chi connectivity index (χ0) is 21.8. The first-order valence-electron chi connectivity index (χ1n) is 11.4. The van der Waals surface area contributed by atoms with Crippen LogP contribution >= 0.6 is 0 Å². The van der Waals surface area contributed by atoms with Gasteiger partial charge in [-0.15, -0.1) is 0 Å². The standard InChI is InChI=1S/C21H39N5O4/c1-2-24-12-14-25(15-13-24)16-18-6-5-11-26(18)17-20(28)23-9-3-7-19(27)22-10-4-8-21(29)30/h18H,2-17H2,1H3,(H,22,27)(H,23,28)(H,29,30)/i5+1,6+1,11+1,12+1,14+1,16+1,18+1,19+1,21+1,22+1,23+1. The first-order chi connectivity index (χ1) is 14.5. The Kier molecular flexibility index (Phi) is 11.1. The molecule has 172 valence electrons. The van der Waals surface area contributed by atoms with Crippen molar-refractivity contribution in [2.75, 3.05) is 65.4 Å². The largest absolute Gasteiger partial charge is 0.481 e. The van der Waals surface area contributed by atoms with Gasteiger partial charge in [0.05, 0.1) is 6.54 Å². The number of rotatable bonds is 13. The lowest BCUT2D eigenvalue weighted by Gasteiger charge is -2.37. The summed E-state index contributed by atoms with van der Waals surface area (Å²) in [6.07, 6.45) is 3.72. The van der Waals surface area contributed by atoms with E-state index in [-0.39, 0.29) is 18.2 Å². The Balaban J connectivity index is 1.55. The molecule has 2 fully saturated rings. The van der Waals surface area contributed by atoms with Gasteiger partial charge in [0, 0.05) is 64.7 Å². The summed E-state index contributed by atoms with van der Waals surface area (Å²) in [7, 11) is 0. The molecule has 2 aliphatic heterocycles. The van der Waals surface area contributed by atoms with E-state index >= 15 is 0 Å². The minimum Gasteiger partial charge on any atom is -0.481 e. The van der Waals surface area contributed by atoms with E-state index in [0.29, 0.717) is 44.9 Å². The summed E-state index contributed by atoms with van der Waals surface area (Å²) < 4.78 is 0. The van der Waals surface area contributed by atoms with Crippen molar-refractivity contribution < 1.29 is 19.5 Å². The molecule has 1 atom stereocenters. The molecule has 9 nitrogen and oxygen atoms in total. The van der Waals surface area contributed by atoms with Crippen LogP contribution in [0, 0.1) is 0 Å². The number of aliphatic carboxylic acids is 1. The van der Waals surface area contributed by atoms with Crippen molar-refractivity contribution in [2.45, 2.75) is 51.5 Å². The predicted molar refractivity (Wildman–Crippen MR) is 115 cm³/mol. The minimum atomic E-state index is -0.855. The molecule has 2 aliphatic rings. The van der Waals surface area contributed by atoms with E-state index in [2.05, 4.69) is 32.3 Å². The smallest absolute Gasteiger partial charge is 0.303 e. The first-order valence-corrected chi connectivity index (χ1v) is 11.4. The van der Waals surface area contributed by atoms with Crippen LogP contribution < -0.4 is 10.6 Å². The Morgan fingerprint density at radius 2 is 1.53 bits per heavy atom. The molecule has 2 heterocycles. The zero-order valence-corrected chi connectivity index (χ0v) is 18.4. The Bertz CT molecular complexity index is 552. The van der Waals surface area contributed by atoms with Crippen LogP contribution in [0.1, 0.15) is 45.4 Å². The van der Waals surface area contributed by atoms with Gasteiger partial charge in [0.25, 0.3) is 0 Å². The van der Waals surface area contributed by atoms with Gasteiger partial charge >= 0.3 is 5.97 Å². The number of carboxylic acid groups (broad SMARTS) is 1. The van der Waals surface area contributed by atoms with Crippen LogP contribution in [0.15, 0.2) is 0 Å². The van der Waals surface area contributed by atoms with Crippen LogP contribution in [-0.2, 0) is 14.4 Å². The molecule has 9 heteroatoms. The van der Waals surface area contributed by atoms with Crippen LogP contribution in [0.5, 0.6) is 0 Å². The van der Waals surface area contributed by atoms with Crippen LogP contribution in [-0.4, -0.2) is 109 Å². The number of hydrogen-bond acceptors (Lipinski definition) is 6. The lowest BCUT2D eigenvalue weighted by molar-refractivity contribution is -0.137. The lowest BCUT2D eigenvalue weighted by Crippen LogP contribution is -2.51. The number of carbonyl (C=O) groups is 3. The van der Waals surface area contributed by atoms with Crippen LogP contribution in [0.3, 0.4) is 0 Å². The third-order valence-corrected chi connectivity index (χ3v) is 6.02. The third-order valence-electron chi connectivity index (χ3n) is 6.02. The molecule has 1 unspecified atom stereocenters. The molecule has 0 aromatic heterocycles. The maximum Gasteiger partial charge on any atom is 0.303 e. The molecule has 0 spiro atoms.